The van der Waals surface area contributed by atoms with Crippen LogP contribution in [0.25, 0.3) is 0 Å². The molecule has 0 saturated carbocycles. The van der Waals surface area contributed by atoms with Crippen LogP contribution in [0, 0.1) is 6.92 Å². The van der Waals surface area contributed by atoms with Crippen molar-refractivity contribution in [3.05, 3.63) is 41.5 Å². The van der Waals surface area contributed by atoms with Gasteiger partial charge in [-0.25, -0.2) is 9.78 Å². The van der Waals surface area contributed by atoms with Gasteiger partial charge in [0.05, 0.1) is 5.69 Å². The lowest BCUT2D eigenvalue weighted by Gasteiger charge is -2.05. The summed E-state index contributed by atoms with van der Waals surface area (Å²) in [6, 6.07) is 2.80. The minimum absolute atomic E-state index is 0.0243. The first kappa shape index (κ1) is 12.6. The zero-order valence-corrected chi connectivity index (χ0v) is 9.97. The molecule has 7 heteroatoms. The molecule has 0 fully saturated rings. The molecule has 0 aliphatic carbocycles. The third kappa shape index (κ3) is 2.39. The number of carboxylic acids is 1. The number of hydrogen-bond donors (Lipinski definition) is 4. The van der Waals surface area contributed by atoms with Gasteiger partial charge in [-0.1, -0.05) is 0 Å². The number of rotatable bonds is 3. The van der Waals surface area contributed by atoms with Crippen molar-refractivity contribution in [1.82, 2.24) is 9.97 Å². The Kier molecular flexibility index (Phi) is 3.19. The van der Waals surface area contributed by atoms with E-state index < -0.39 is 11.9 Å². The number of anilines is 1. The third-order valence-corrected chi connectivity index (χ3v) is 2.54. The highest BCUT2D eigenvalue weighted by Crippen LogP contribution is 2.21. The first-order chi connectivity index (χ1) is 9.00. The predicted octanol–water partition coefficient (Wildman–Crippen LogP) is 1.37. The van der Waals surface area contributed by atoms with Crippen molar-refractivity contribution in [2.75, 3.05) is 5.32 Å². The smallest absolute Gasteiger partial charge is 0.339 e. The monoisotopic (exact) mass is 261 g/mol. The Hall–Kier alpha value is -2.83. The number of aromatic nitrogens is 2. The number of nitrogens with one attached hydrogen (secondary N) is 2. The molecule has 2 heterocycles. The summed E-state index contributed by atoms with van der Waals surface area (Å²) in [6.07, 6.45) is 2.73. The zero-order chi connectivity index (χ0) is 14.0. The van der Waals surface area contributed by atoms with Gasteiger partial charge in [-0.3, -0.25) is 4.79 Å². The Bertz CT molecular complexity index is 648. The number of H-pyrrole nitrogens is 1. The third-order valence-electron chi connectivity index (χ3n) is 2.54. The number of carbonyl (C=O) groups is 2. The number of aromatic hydroxyl groups is 1. The molecule has 98 valence electrons. The number of amides is 1. The van der Waals surface area contributed by atoms with Gasteiger partial charge in [-0.2, -0.15) is 0 Å². The standard InChI is InChI=1S/C12H11N3O4/c1-6-9(12(18)19)7(5-14-6)15-11(17)10-8(16)3-2-4-13-10/h2-5,14,16H,1H3,(H,15,17)(H,18,19). The normalized spacial score (nSPS) is 10.2. The van der Waals surface area contributed by atoms with Crippen molar-refractivity contribution in [3.8, 4) is 5.75 Å². The van der Waals surface area contributed by atoms with E-state index in [1.807, 2.05) is 0 Å². The molecule has 7 nitrogen and oxygen atoms in total. The largest absolute Gasteiger partial charge is 0.505 e. The Labute approximate surface area is 107 Å². The summed E-state index contributed by atoms with van der Waals surface area (Å²) in [5.41, 5.74) is 0.356. The summed E-state index contributed by atoms with van der Waals surface area (Å²) in [5.74, 6) is -2.11. The second-order valence-electron chi connectivity index (χ2n) is 3.83. The molecule has 1 amide bonds. The van der Waals surface area contributed by atoms with Crippen LogP contribution >= 0.6 is 0 Å². The highest BCUT2D eigenvalue weighted by atomic mass is 16.4. The molecular weight excluding hydrogens is 250 g/mol. The zero-order valence-electron chi connectivity index (χ0n) is 9.97. The van der Waals surface area contributed by atoms with Gasteiger partial charge >= 0.3 is 5.97 Å². The van der Waals surface area contributed by atoms with E-state index >= 15 is 0 Å². The Morgan fingerprint density at radius 3 is 2.79 bits per heavy atom. The molecule has 0 atom stereocenters. The van der Waals surface area contributed by atoms with E-state index in [1.165, 1.54) is 24.5 Å². The van der Waals surface area contributed by atoms with Crippen molar-refractivity contribution >= 4 is 17.6 Å². The molecule has 2 rings (SSSR count). The quantitative estimate of drug-likeness (QED) is 0.666. The SMILES string of the molecule is Cc1[nH]cc(NC(=O)c2ncccc2O)c1C(=O)O. The van der Waals surface area contributed by atoms with Crippen LogP contribution in [-0.4, -0.2) is 32.1 Å². The molecule has 0 spiro atoms. The Morgan fingerprint density at radius 2 is 2.16 bits per heavy atom. The number of carboxylic acid groups (broad SMARTS) is 1. The number of pyridine rings is 1. The highest BCUT2D eigenvalue weighted by Gasteiger charge is 2.19. The molecule has 2 aromatic rings. The molecule has 0 saturated heterocycles. The molecule has 0 bridgehead atoms. The maximum Gasteiger partial charge on any atom is 0.339 e. The topological polar surface area (TPSA) is 115 Å². The summed E-state index contributed by atoms with van der Waals surface area (Å²) in [6.45, 7) is 1.58. The van der Waals surface area contributed by atoms with E-state index in [9.17, 15) is 14.7 Å². The van der Waals surface area contributed by atoms with Gasteiger partial charge in [0.15, 0.2) is 5.69 Å². The molecule has 2 aromatic heterocycles. The van der Waals surface area contributed by atoms with Crippen molar-refractivity contribution < 1.29 is 19.8 Å². The first-order valence-electron chi connectivity index (χ1n) is 5.37. The molecular formula is C12H11N3O4. The number of aromatic amines is 1. The lowest BCUT2D eigenvalue weighted by Crippen LogP contribution is -2.15. The van der Waals surface area contributed by atoms with Gasteiger partial charge in [0, 0.05) is 18.1 Å². The number of nitrogens with zero attached hydrogens (tertiary/aromatic N) is 1. The molecule has 4 N–H and O–H groups in total. The second kappa shape index (κ2) is 4.81. The minimum atomic E-state index is -1.15. The van der Waals surface area contributed by atoms with Crippen molar-refractivity contribution in [2.24, 2.45) is 0 Å². The van der Waals surface area contributed by atoms with E-state index in [4.69, 9.17) is 5.11 Å². The molecule has 0 aliphatic rings. The molecule has 0 aliphatic heterocycles. The van der Waals surface area contributed by atoms with Crippen molar-refractivity contribution in [2.45, 2.75) is 6.92 Å². The fraction of sp³-hybridized carbons (Fsp3) is 0.0833. The summed E-state index contributed by atoms with van der Waals surface area (Å²) in [7, 11) is 0. The van der Waals surface area contributed by atoms with Crippen molar-refractivity contribution in [3.63, 3.8) is 0 Å². The molecule has 19 heavy (non-hydrogen) atoms. The average molecular weight is 261 g/mol. The van der Waals surface area contributed by atoms with Crippen LogP contribution in [0.3, 0.4) is 0 Å². The lowest BCUT2D eigenvalue weighted by molar-refractivity contribution is 0.0697. The predicted molar refractivity (Wildman–Crippen MR) is 66.3 cm³/mol. The highest BCUT2D eigenvalue weighted by molar-refractivity contribution is 6.08. The van der Waals surface area contributed by atoms with Gasteiger partial charge in [0.2, 0.25) is 0 Å². The van der Waals surface area contributed by atoms with Gasteiger partial charge in [-0.05, 0) is 19.1 Å². The lowest BCUT2D eigenvalue weighted by atomic mass is 10.2. The number of aromatic carboxylic acids is 1. The maximum atomic E-state index is 11.9. The van der Waals surface area contributed by atoms with Crippen LogP contribution in [0.5, 0.6) is 5.75 Å². The van der Waals surface area contributed by atoms with Crippen molar-refractivity contribution in [1.29, 1.82) is 0 Å². The summed E-state index contributed by atoms with van der Waals surface area (Å²) in [5, 5.41) is 20.9. The van der Waals surface area contributed by atoms with E-state index in [1.54, 1.807) is 6.92 Å². The number of hydrogen-bond acceptors (Lipinski definition) is 4. The summed E-state index contributed by atoms with van der Waals surface area (Å²) in [4.78, 5) is 29.4. The molecule has 0 radical (unpaired) electrons. The van der Waals surface area contributed by atoms with E-state index in [-0.39, 0.29) is 22.7 Å². The fourth-order valence-corrected chi connectivity index (χ4v) is 1.65. The van der Waals surface area contributed by atoms with E-state index in [0.29, 0.717) is 5.69 Å². The van der Waals surface area contributed by atoms with Crippen LogP contribution in [-0.2, 0) is 0 Å². The fourth-order valence-electron chi connectivity index (χ4n) is 1.65. The van der Waals surface area contributed by atoms with Gasteiger partial charge in [0.1, 0.15) is 11.3 Å². The van der Waals surface area contributed by atoms with Crippen LogP contribution in [0.4, 0.5) is 5.69 Å². The van der Waals surface area contributed by atoms with Gasteiger partial charge < -0.3 is 20.5 Å². The van der Waals surface area contributed by atoms with E-state index in [2.05, 4.69) is 15.3 Å². The Balaban J connectivity index is 2.30. The summed E-state index contributed by atoms with van der Waals surface area (Å²) < 4.78 is 0. The molecule has 0 unspecified atom stereocenters. The first-order valence-corrected chi connectivity index (χ1v) is 5.37. The minimum Gasteiger partial charge on any atom is -0.505 e. The van der Waals surface area contributed by atoms with Gasteiger partial charge in [-0.15, -0.1) is 0 Å². The average Bonchev–Trinajstić information content (AvgIpc) is 2.70. The number of carbonyl (C=O) groups excluding carboxylic acids is 1. The van der Waals surface area contributed by atoms with Gasteiger partial charge in [0.25, 0.3) is 5.91 Å². The second-order valence-corrected chi connectivity index (χ2v) is 3.83. The number of aryl methyl sites for hydroxylation is 1. The van der Waals surface area contributed by atoms with Crippen LogP contribution in [0.1, 0.15) is 26.5 Å². The summed E-state index contributed by atoms with van der Waals surface area (Å²) >= 11 is 0. The van der Waals surface area contributed by atoms with Crippen LogP contribution < -0.4 is 5.32 Å². The van der Waals surface area contributed by atoms with Crippen LogP contribution in [0.15, 0.2) is 24.5 Å². The van der Waals surface area contributed by atoms with Crippen LogP contribution in [0.2, 0.25) is 0 Å². The van der Waals surface area contributed by atoms with E-state index in [0.717, 1.165) is 0 Å². The maximum absolute atomic E-state index is 11.9. The Morgan fingerprint density at radius 1 is 1.42 bits per heavy atom. The molecule has 0 aromatic carbocycles.